The van der Waals surface area contributed by atoms with Gasteiger partial charge in [0.15, 0.2) is 0 Å². The molecule has 0 saturated carbocycles. The van der Waals surface area contributed by atoms with Gasteiger partial charge >= 0.3 is 0 Å². The smallest absolute Gasteiger partial charge is 0.0897 e. The molecule has 13 heavy (non-hydrogen) atoms. The van der Waals surface area contributed by atoms with Crippen LogP contribution >= 0.6 is 11.8 Å². The quantitative estimate of drug-likeness (QED) is 0.715. The zero-order valence-electron chi connectivity index (χ0n) is 6.97. The van der Waals surface area contributed by atoms with Crippen molar-refractivity contribution in [2.75, 3.05) is 0 Å². The van der Waals surface area contributed by atoms with Crippen molar-refractivity contribution < 1.29 is 0 Å². The molecule has 0 fully saturated rings. The predicted octanol–water partition coefficient (Wildman–Crippen LogP) is 3.03. The summed E-state index contributed by atoms with van der Waals surface area (Å²) in [4.78, 5) is 6.25. The normalized spacial score (nSPS) is 9.85. The fourth-order valence-electron chi connectivity index (χ4n) is 0.991. The molecule has 0 bridgehead atoms. The van der Waals surface area contributed by atoms with Gasteiger partial charge in [-0.15, -0.1) is 0 Å². The molecular formula is C11H8NS. The highest BCUT2D eigenvalue weighted by molar-refractivity contribution is 7.99. The van der Waals surface area contributed by atoms with Crippen molar-refractivity contribution >= 4 is 11.8 Å². The number of pyridine rings is 1. The summed E-state index contributed by atoms with van der Waals surface area (Å²) in [5, 5.41) is 0. The Morgan fingerprint density at radius 2 is 1.85 bits per heavy atom. The van der Waals surface area contributed by atoms with Crippen LogP contribution in [-0.4, -0.2) is 4.98 Å². The molecule has 2 aromatic rings. The zero-order chi connectivity index (χ0) is 8.93. The van der Waals surface area contributed by atoms with E-state index >= 15 is 0 Å². The second-order valence-corrected chi connectivity index (χ2v) is 3.68. The first kappa shape index (κ1) is 8.32. The summed E-state index contributed by atoms with van der Waals surface area (Å²) < 4.78 is 0. The first-order valence-electron chi connectivity index (χ1n) is 4.00. The Labute approximate surface area is 81.8 Å². The van der Waals surface area contributed by atoms with E-state index in [2.05, 4.69) is 23.3 Å². The highest BCUT2D eigenvalue weighted by atomic mass is 32.2. The molecule has 0 saturated heterocycles. The van der Waals surface area contributed by atoms with Crippen LogP contribution in [0.3, 0.4) is 0 Å². The van der Waals surface area contributed by atoms with Crippen molar-refractivity contribution in [2.24, 2.45) is 0 Å². The molecule has 0 N–H and O–H groups in total. The van der Waals surface area contributed by atoms with Crippen molar-refractivity contribution in [3.05, 3.63) is 54.9 Å². The second kappa shape index (κ2) is 4.10. The fraction of sp³-hybridized carbons (Fsp3) is 0. The molecular weight excluding hydrogens is 178 g/mol. The Bertz CT molecular complexity index is 321. The maximum Gasteiger partial charge on any atom is 0.0897 e. The zero-order valence-corrected chi connectivity index (χ0v) is 7.79. The third-order valence-corrected chi connectivity index (χ3v) is 2.57. The molecule has 2 heteroatoms. The second-order valence-electron chi connectivity index (χ2n) is 2.54. The summed E-state index contributed by atoms with van der Waals surface area (Å²) in [5.41, 5.74) is 0. The van der Waals surface area contributed by atoms with Gasteiger partial charge in [-0.05, 0) is 24.3 Å². The maximum absolute atomic E-state index is 3.85. The largest absolute Gasteiger partial charge is 0.255 e. The minimum absolute atomic E-state index is 1.17. The number of nitrogens with zero attached hydrogens (tertiary/aromatic N) is 1. The van der Waals surface area contributed by atoms with Crippen LogP contribution in [0.5, 0.6) is 0 Å². The molecule has 1 aromatic heterocycles. The number of rotatable bonds is 2. The number of aromatic nitrogens is 1. The van der Waals surface area contributed by atoms with E-state index < -0.39 is 0 Å². The molecule has 1 radical (unpaired) electrons. The van der Waals surface area contributed by atoms with E-state index in [-0.39, 0.29) is 0 Å². The van der Waals surface area contributed by atoms with Crippen LogP contribution in [0.25, 0.3) is 0 Å². The van der Waals surface area contributed by atoms with Crippen molar-refractivity contribution in [3.63, 3.8) is 0 Å². The molecule has 0 spiro atoms. The molecule has 1 aromatic carbocycles. The van der Waals surface area contributed by atoms with Gasteiger partial charge in [0.1, 0.15) is 0 Å². The SMILES string of the molecule is [c]1cc(Sc2ccccc2)ccn1. The summed E-state index contributed by atoms with van der Waals surface area (Å²) in [6.45, 7) is 0. The van der Waals surface area contributed by atoms with Crippen LogP contribution < -0.4 is 0 Å². The minimum Gasteiger partial charge on any atom is -0.255 e. The van der Waals surface area contributed by atoms with E-state index in [9.17, 15) is 0 Å². The van der Waals surface area contributed by atoms with Crippen molar-refractivity contribution in [2.45, 2.75) is 9.79 Å². The van der Waals surface area contributed by atoms with Gasteiger partial charge in [-0.1, -0.05) is 30.0 Å². The van der Waals surface area contributed by atoms with E-state index in [4.69, 9.17) is 0 Å². The first-order valence-corrected chi connectivity index (χ1v) is 4.82. The van der Waals surface area contributed by atoms with Crippen LogP contribution in [0.15, 0.2) is 58.5 Å². The Kier molecular flexibility index (Phi) is 2.62. The van der Waals surface area contributed by atoms with Crippen LogP contribution in [0.4, 0.5) is 0 Å². The molecule has 0 unspecified atom stereocenters. The maximum atomic E-state index is 3.85. The van der Waals surface area contributed by atoms with Gasteiger partial charge in [-0.2, -0.15) is 0 Å². The Balaban J connectivity index is 2.16. The summed E-state index contributed by atoms with van der Waals surface area (Å²) >= 11 is 1.72. The lowest BCUT2D eigenvalue weighted by atomic mass is 10.4. The Morgan fingerprint density at radius 1 is 1.00 bits per heavy atom. The standard InChI is InChI=1S/C11H8NS/c1-2-4-10(5-3-1)13-11-6-8-12-9-7-11/h1-8H. The fourth-order valence-corrected chi connectivity index (χ4v) is 1.80. The van der Waals surface area contributed by atoms with E-state index in [0.29, 0.717) is 0 Å². The average molecular weight is 186 g/mol. The van der Waals surface area contributed by atoms with Crippen LogP contribution in [0, 0.1) is 6.20 Å². The lowest BCUT2D eigenvalue weighted by Crippen LogP contribution is -1.73. The van der Waals surface area contributed by atoms with E-state index in [1.807, 2.05) is 30.3 Å². The van der Waals surface area contributed by atoms with Gasteiger partial charge in [0.2, 0.25) is 0 Å². The monoisotopic (exact) mass is 186 g/mol. The van der Waals surface area contributed by atoms with Gasteiger partial charge in [0.05, 0.1) is 6.20 Å². The third-order valence-electron chi connectivity index (χ3n) is 1.57. The van der Waals surface area contributed by atoms with E-state index in [0.717, 1.165) is 0 Å². The predicted molar refractivity (Wildman–Crippen MR) is 53.6 cm³/mol. The third kappa shape index (κ3) is 2.33. The Hall–Kier alpha value is -1.28. The highest BCUT2D eigenvalue weighted by Crippen LogP contribution is 2.25. The molecule has 2 rings (SSSR count). The van der Waals surface area contributed by atoms with Crippen molar-refractivity contribution in [3.8, 4) is 0 Å². The lowest BCUT2D eigenvalue weighted by Gasteiger charge is -1.98. The van der Waals surface area contributed by atoms with Crippen LogP contribution in [-0.2, 0) is 0 Å². The first-order chi connectivity index (χ1) is 6.45. The Morgan fingerprint density at radius 3 is 2.54 bits per heavy atom. The summed E-state index contributed by atoms with van der Waals surface area (Å²) in [6.07, 6.45) is 4.57. The number of hydrogen-bond donors (Lipinski definition) is 0. The average Bonchev–Trinajstić information content (AvgIpc) is 2.21. The van der Waals surface area contributed by atoms with Gasteiger partial charge < -0.3 is 0 Å². The van der Waals surface area contributed by atoms with Gasteiger partial charge in [-0.25, -0.2) is 0 Å². The molecule has 0 aliphatic heterocycles. The summed E-state index contributed by atoms with van der Waals surface area (Å²) in [6, 6.07) is 14.1. The van der Waals surface area contributed by atoms with Gasteiger partial charge in [0, 0.05) is 16.0 Å². The summed E-state index contributed by atoms with van der Waals surface area (Å²) in [5.74, 6) is 0. The lowest BCUT2D eigenvalue weighted by molar-refractivity contribution is 1.24. The van der Waals surface area contributed by atoms with E-state index in [1.54, 1.807) is 18.0 Å². The summed E-state index contributed by atoms with van der Waals surface area (Å²) in [7, 11) is 0. The van der Waals surface area contributed by atoms with Gasteiger partial charge in [0.25, 0.3) is 0 Å². The number of hydrogen-bond acceptors (Lipinski definition) is 2. The molecule has 0 amide bonds. The van der Waals surface area contributed by atoms with Crippen molar-refractivity contribution in [1.82, 2.24) is 4.98 Å². The minimum atomic E-state index is 1.17. The van der Waals surface area contributed by atoms with Gasteiger partial charge in [-0.3, -0.25) is 4.98 Å². The molecule has 1 nitrogen and oxygen atoms in total. The van der Waals surface area contributed by atoms with Crippen molar-refractivity contribution in [1.29, 1.82) is 0 Å². The van der Waals surface area contributed by atoms with E-state index in [1.165, 1.54) is 9.79 Å². The topological polar surface area (TPSA) is 12.9 Å². The molecule has 0 atom stereocenters. The molecule has 63 valence electrons. The van der Waals surface area contributed by atoms with Crippen LogP contribution in [0.2, 0.25) is 0 Å². The molecule has 0 aliphatic rings. The van der Waals surface area contributed by atoms with Crippen LogP contribution in [0.1, 0.15) is 0 Å². The molecule has 1 heterocycles. The number of benzene rings is 1. The molecule has 0 aliphatic carbocycles. The highest BCUT2D eigenvalue weighted by Gasteiger charge is 1.94.